The third kappa shape index (κ3) is 6.83. The lowest BCUT2D eigenvalue weighted by Crippen LogP contribution is -2.17. The monoisotopic (exact) mass is 252 g/mol. The number of hydrogen-bond acceptors (Lipinski definition) is 2. The number of carbonyl (C=O) groups is 1. The van der Waals surface area contributed by atoms with Crippen LogP contribution in [0.4, 0.5) is 0 Å². The number of carbonyl (C=O) groups excluding carboxylic acids is 1. The number of hydrogen-bond donors (Lipinski definition) is 0. The third-order valence-corrected chi connectivity index (χ3v) is 3.73. The number of rotatable bonds is 1. The zero-order valence-electron chi connectivity index (χ0n) is 11.9. The highest BCUT2D eigenvalue weighted by atomic mass is 16.5. The summed E-state index contributed by atoms with van der Waals surface area (Å²) < 4.78 is 5.51. The van der Waals surface area contributed by atoms with Crippen molar-refractivity contribution in [2.24, 2.45) is 0 Å². The van der Waals surface area contributed by atoms with Crippen molar-refractivity contribution < 1.29 is 9.53 Å². The highest BCUT2D eigenvalue weighted by Gasteiger charge is 2.13. The molecule has 1 aliphatic heterocycles. The Morgan fingerprint density at radius 3 is 2.33 bits per heavy atom. The van der Waals surface area contributed by atoms with E-state index in [1.54, 1.807) is 0 Å². The molecule has 0 aromatic carbocycles. The first kappa shape index (κ1) is 15.3. The van der Waals surface area contributed by atoms with Crippen LogP contribution in [-0.2, 0) is 9.53 Å². The fourth-order valence-corrected chi connectivity index (χ4v) is 2.43. The smallest absolute Gasteiger partial charge is 0.306 e. The minimum Gasteiger partial charge on any atom is -0.462 e. The maximum atomic E-state index is 11.7. The second kappa shape index (κ2) is 9.18. The van der Waals surface area contributed by atoms with Gasteiger partial charge >= 0.3 is 5.97 Å². The molecule has 1 heterocycles. The van der Waals surface area contributed by atoms with Gasteiger partial charge in [-0.2, -0.15) is 0 Å². The maximum absolute atomic E-state index is 11.7. The van der Waals surface area contributed by atoms with Crippen LogP contribution in [0.3, 0.4) is 0 Å². The lowest BCUT2D eigenvalue weighted by molar-refractivity contribution is -0.149. The molecule has 0 unspecified atom stereocenters. The van der Waals surface area contributed by atoms with Gasteiger partial charge in [0.2, 0.25) is 0 Å². The quantitative estimate of drug-likeness (QED) is 0.496. The van der Waals surface area contributed by atoms with Crippen LogP contribution < -0.4 is 0 Å². The topological polar surface area (TPSA) is 26.3 Å². The molecule has 0 radical (unpaired) electrons. The first-order valence-electron chi connectivity index (χ1n) is 7.58. The van der Waals surface area contributed by atoms with Crippen LogP contribution in [0, 0.1) is 0 Å². The molecule has 0 aliphatic carbocycles. The van der Waals surface area contributed by atoms with Gasteiger partial charge in [0, 0.05) is 6.42 Å². The summed E-state index contributed by atoms with van der Waals surface area (Å²) in [5, 5.41) is 0. The van der Waals surface area contributed by atoms with Crippen molar-refractivity contribution in [3.63, 3.8) is 0 Å². The van der Waals surface area contributed by atoms with Crippen LogP contribution in [0.15, 0.2) is 12.2 Å². The van der Waals surface area contributed by atoms with Gasteiger partial charge in [0.1, 0.15) is 6.10 Å². The molecule has 2 heteroatoms. The van der Waals surface area contributed by atoms with E-state index in [1.165, 1.54) is 31.3 Å². The van der Waals surface area contributed by atoms with Gasteiger partial charge in [0.05, 0.1) is 0 Å². The van der Waals surface area contributed by atoms with Gasteiger partial charge in [0.25, 0.3) is 0 Å². The fraction of sp³-hybridized carbons (Fsp3) is 0.812. The highest BCUT2D eigenvalue weighted by molar-refractivity contribution is 5.69. The minimum atomic E-state index is -0.00970. The van der Waals surface area contributed by atoms with Crippen molar-refractivity contribution in [1.29, 1.82) is 0 Å². The SMILES string of the molecule is C=C1CCCCCCCCC(=O)O[C@@H](CC)CC1. The molecule has 0 N–H and O–H groups in total. The number of cyclic esters (lactones) is 1. The van der Waals surface area contributed by atoms with E-state index in [4.69, 9.17) is 4.74 Å². The molecule has 1 aliphatic rings. The van der Waals surface area contributed by atoms with Gasteiger partial charge in [-0.25, -0.2) is 0 Å². The van der Waals surface area contributed by atoms with Crippen molar-refractivity contribution in [2.45, 2.75) is 83.7 Å². The lowest BCUT2D eigenvalue weighted by atomic mass is 10.00. The average molecular weight is 252 g/mol. The normalized spacial score (nSPS) is 25.3. The summed E-state index contributed by atoms with van der Waals surface area (Å²) in [7, 11) is 0. The zero-order chi connectivity index (χ0) is 13.2. The van der Waals surface area contributed by atoms with Gasteiger partial charge in [-0.05, 0) is 38.5 Å². The van der Waals surface area contributed by atoms with E-state index < -0.39 is 0 Å². The van der Waals surface area contributed by atoms with Gasteiger partial charge < -0.3 is 4.74 Å². The van der Waals surface area contributed by atoms with E-state index in [9.17, 15) is 4.79 Å². The Labute approximate surface area is 112 Å². The predicted octanol–water partition coefficient (Wildman–Crippen LogP) is 4.78. The summed E-state index contributed by atoms with van der Waals surface area (Å²) in [6.07, 6.45) is 12.0. The molecule has 0 spiro atoms. The summed E-state index contributed by atoms with van der Waals surface area (Å²) in [5.74, 6) is -0.00970. The average Bonchev–Trinajstić information content (AvgIpc) is 2.36. The number of esters is 1. The molecule has 0 aromatic rings. The number of ether oxygens (including phenoxy) is 1. The Morgan fingerprint density at radius 2 is 1.67 bits per heavy atom. The van der Waals surface area contributed by atoms with Crippen LogP contribution in [0.25, 0.3) is 0 Å². The molecule has 1 rings (SSSR count). The lowest BCUT2D eigenvalue weighted by Gasteiger charge is -2.17. The Bertz CT molecular complexity index is 258. The van der Waals surface area contributed by atoms with Crippen LogP contribution >= 0.6 is 0 Å². The van der Waals surface area contributed by atoms with E-state index in [1.807, 2.05) is 0 Å². The van der Waals surface area contributed by atoms with Crippen molar-refractivity contribution in [3.05, 3.63) is 12.2 Å². The van der Waals surface area contributed by atoms with Crippen molar-refractivity contribution in [3.8, 4) is 0 Å². The zero-order valence-corrected chi connectivity index (χ0v) is 11.9. The standard InChI is InChI=1S/C16H28O2/c1-3-15-13-12-14(2)10-8-6-4-5-7-9-11-16(17)18-15/h15H,2-13H2,1H3/t15-/m0/s1. The molecule has 2 nitrogen and oxygen atoms in total. The van der Waals surface area contributed by atoms with E-state index >= 15 is 0 Å². The molecule has 1 fully saturated rings. The molecule has 0 amide bonds. The molecule has 1 saturated heterocycles. The van der Waals surface area contributed by atoms with Gasteiger partial charge in [0.15, 0.2) is 0 Å². The van der Waals surface area contributed by atoms with E-state index in [0.717, 1.165) is 38.5 Å². The third-order valence-electron chi connectivity index (χ3n) is 3.73. The van der Waals surface area contributed by atoms with Gasteiger partial charge in [-0.3, -0.25) is 4.79 Å². The summed E-state index contributed by atoms with van der Waals surface area (Å²) >= 11 is 0. The minimum absolute atomic E-state index is 0.00970. The molecule has 0 bridgehead atoms. The molecule has 0 saturated carbocycles. The van der Waals surface area contributed by atoms with Crippen LogP contribution in [0.2, 0.25) is 0 Å². The van der Waals surface area contributed by atoms with E-state index in [0.29, 0.717) is 6.42 Å². The van der Waals surface area contributed by atoms with Crippen LogP contribution in [-0.4, -0.2) is 12.1 Å². The van der Waals surface area contributed by atoms with E-state index in [-0.39, 0.29) is 12.1 Å². The first-order valence-corrected chi connectivity index (χ1v) is 7.58. The van der Waals surface area contributed by atoms with Gasteiger partial charge in [-0.1, -0.05) is 44.8 Å². The molecule has 18 heavy (non-hydrogen) atoms. The Balaban J connectivity index is 2.42. The molecular formula is C16H28O2. The maximum Gasteiger partial charge on any atom is 0.306 e. The Hall–Kier alpha value is -0.790. The summed E-state index contributed by atoms with van der Waals surface area (Å²) in [6.45, 7) is 6.22. The molecule has 0 aromatic heterocycles. The summed E-state index contributed by atoms with van der Waals surface area (Å²) in [4.78, 5) is 11.7. The summed E-state index contributed by atoms with van der Waals surface area (Å²) in [5.41, 5.74) is 1.32. The predicted molar refractivity (Wildman–Crippen MR) is 75.5 cm³/mol. The van der Waals surface area contributed by atoms with Crippen LogP contribution in [0.5, 0.6) is 0 Å². The summed E-state index contributed by atoms with van der Waals surface area (Å²) in [6, 6.07) is 0. The Morgan fingerprint density at radius 1 is 1.06 bits per heavy atom. The first-order chi connectivity index (χ1) is 8.72. The van der Waals surface area contributed by atoms with Crippen molar-refractivity contribution in [2.75, 3.05) is 0 Å². The Kier molecular flexibility index (Phi) is 7.79. The van der Waals surface area contributed by atoms with Gasteiger partial charge in [-0.15, -0.1) is 0 Å². The van der Waals surface area contributed by atoms with Crippen LogP contribution in [0.1, 0.15) is 77.6 Å². The molecular weight excluding hydrogens is 224 g/mol. The van der Waals surface area contributed by atoms with Crippen molar-refractivity contribution >= 4 is 5.97 Å². The molecule has 104 valence electrons. The van der Waals surface area contributed by atoms with Crippen molar-refractivity contribution in [1.82, 2.24) is 0 Å². The molecule has 1 atom stereocenters. The second-order valence-corrected chi connectivity index (χ2v) is 5.43. The largest absolute Gasteiger partial charge is 0.462 e. The van der Waals surface area contributed by atoms with E-state index in [2.05, 4.69) is 13.5 Å². The highest BCUT2D eigenvalue weighted by Crippen LogP contribution is 2.19. The fourth-order valence-electron chi connectivity index (χ4n) is 2.43. The number of allylic oxidation sites excluding steroid dienone is 1. The second-order valence-electron chi connectivity index (χ2n) is 5.43.